The van der Waals surface area contributed by atoms with Gasteiger partial charge in [-0.3, -0.25) is 9.59 Å². The van der Waals surface area contributed by atoms with Crippen molar-refractivity contribution in [3.05, 3.63) is 45.7 Å². The highest BCUT2D eigenvalue weighted by Crippen LogP contribution is 2.19. The Bertz CT molecular complexity index is 758. The van der Waals surface area contributed by atoms with Crippen LogP contribution in [0.4, 0.5) is 5.69 Å². The van der Waals surface area contributed by atoms with Crippen molar-refractivity contribution in [2.24, 2.45) is 0 Å². The first kappa shape index (κ1) is 19.7. The lowest BCUT2D eigenvalue weighted by atomic mass is 10.3. The summed E-state index contributed by atoms with van der Waals surface area (Å²) in [5.41, 5.74) is 0.804. The van der Waals surface area contributed by atoms with E-state index in [0.717, 1.165) is 12.2 Å². The molecule has 6 nitrogen and oxygen atoms in total. The van der Waals surface area contributed by atoms with E-state index in [1.807, 2.05) is 0 Å². The minimum absolute atomic E-state index is 0.171. The largest absolute Gasteiger partial charge is 0.342 e. The Morgan fingerprint density at radius 3 is 2.68 bits per heavy atom. The molecule has 2 amide bonds. The van der Waals surface area contributed by atoms with Crippen LogP contribution in [0.15, 0.2) is 40.1 Å². The predicted octanol–water partition coefficient (Wildman–Crippen LogP) is 3.76. The normalized spacial score (nSPS) is 10.4. The number of anilines is 1. The molecule has 0 bridgehead atoms. The van der Waals surface area contributed by atoms with Crippen molar-refractivity contribution >= 4 is 56.8 Å². The van der Waals surface area contributed by atoms with Crippen LogP contribution in [0.5, 0.6) is 0 Å². The van der Waals surface area contributed by atoms with Crippen LogP contribution in [0.3, 0.4) is 0 Å². The van der Waals surface area contributed by atoms with Crippen LogP contribution in [-0.4, -0.2) is 34.1 Å². The van der Waals surface area contributed by atoms with E-state index in [2.05, 4.69) is 43.5 Å². The van der Waals surface area contributed by atoms with E-state index in [0.29, 0.717) is 20.3 Å². The summed E-state index contributed by atoms with van der Waals surface area (Å²) in [7, 11) is 0. The molecule has 1 heterocycles. The number of hydrogen-bond donors (Lipinski definition) is 2. The third-order valence-electron chi connectivity index (χ3n) is 2.91. The number of amides is 2. The summed E-state index contributed by atoms with van der Waals surface area (Å²) in [6.07, 6.45) is 2.52. The molecule has 0 saturated heterocycles. The Labute approximate surface area is 163 Å². The van der Waals surface area contributed by atoms with E-state index in [1.54, 1.807) is 24.3 Å². The number of carbonyl (C=O) groups is 2. The van der Waals surface area contributed by atoms with Gasteiger partial charge in [0.05, 0.1) is 11.0 Å². The van der Waals surface area contributed by atoms with E-state index in [-0.39, 0.29) is 18.1 Å². The summed E-state index contributed by atoms with van der Waals surface area (Å²) in [6, 6.07) is 6.70. The molecule has 2 rings (SSSR count). The van der Waals surface area contributed by atoms with E-state index in [1.165, 1.54) is 18.0 Å². The van der Waals surface area contributed by atoms with Gasteiger partial charge in [-0.05, 0) is 46.6 Å². The Morgan fingerprint density at radius 2 is 2.00 bits per heavy atom. The molecule has 9 heteroatoms. The van der Waals surface area contributed by atoms with Gasteiger partial charge in [0, 0.05) is 22.7 Å². The Hall–Kier alpha value is -1.64. The molecule has 2 aromatic rings. The zero-order valence-corrected chi connectivity index (χ0v) is 16.5. The maximum absolute atomic E-state index is 12.3. The van der Waals surface area contributed by atoms with Crippen molar-refractivity contribution in [3.63, 3.8) is 0 Å². The average Bonchev–Trinajstić information content (AvgIpc) is 2.61. The number of hydrogen-bond acceptors (Lipinski definition) is 5. The zero-order valence-electron chi connectivity index (χ0n) is 13.4. The van der Waals surface area contributed by atoms with Crippen LogP contribution in [0.1, 0.15) is 23.8 Å². The van der Waals surface area contributed by atoms with Crippen molar-refractivity contribution in [1.82, 2.24) is 15.3 Å². The summed E-state index contributed by atoms with van der Waals surface area (Å²) in [5, 5.41) is 6.33. The fourth-order valence-corrected chi connectivity index (χ4v) is 2.92. The van der Waals surface area contributed by atoms with Crippen LogP contribution < -0.4 is 10.6 Å². The topological polar surface area (TPSA) is 84.0 Å². The minimum atomic E-state index is -0.445. The molecule has 1 aromatic heterocycles. The first-order chi connectivity index (χ1) is 12.0. The maximum Gasteiger partial charge on any atom is 0.271 e. The van der Waals surface area contributed by atoms with E-state index in [4.69, 9.17) is 11.6 Å². The lowest BCUT2D eigenvalue weighted by Gasteiger charge is -2.08. The third-order valence-corrected chi connectivity index (χ3v) is 4.81. The molecule has 0 atom stereocenters. The molecule has 0 radical (unpaired) electrons. The number of benzene rings is 1. The van der Waals surface area contributed by atoms with Crippen molar-refractivity contribution < 1.29 is 9.59 Å². The first-order valence-electron chi connectivity index (χ1n) is 7.48. The Balaban J connectivity index is 1.92. The Kier molecular flexibility index (Phi) is 7.67. The zero-order chi connectivity index (χ0) is 18.2. The summed E-state index contributed by atoms with van der Waals surface area (Å²) in [6.45, 7) is 1.88. The summed E-state index contributed by atoms with van der Waals surface area (Å²) < 4.78 is 0.476. The summed E-state index contributed by atoms with van der Waals surface area (Å²) in [4.78, 5) is 32.6. The van der Waals surface area contributed by atoms with Gasteiger partial charge < -0.3 is 10.6 Å². The van der Waals surface area contributed by atoms with Gasteiger partial charge in [-0.25, -0.2) is 9.97 Å². The van der Waals surface area contributed by atoms with Gasteiger partial charge in [0.1, 0.15) is 5.69 Å². The van der Waals surface area contributed by atoms with E-state index >= 15 is 0 Å². The lowest BCUT2D eigenvalue weighted by molar-refractivity contribution is -0.115. The van der Waals surface area contributed by atoms with Crippen LogP contribution >= 0.6 is 39.3 Å². The van der Waals surface area contributed by atoms with Gasteiger partial charge in [0.25, 0.3) is 5.91 Å². The van der Waals surface area contributed by atoms with Gasteiger partial charge in [-0.15, -0.1) is 0 Å². The second-order valence-electron chi connectivity index (χ2n) is 4.94. The second kappa shape index (κ2) is 9.74. The quantitative estimate of drug-likeness (QED) is 0.503. The highest BCUT2D eigenvalue weighted by atomic mass is 79.9. The van der Waals surface area contributed by atoms with Gasteiger partial charge >= 0.3 is 0 Å². The van der Waals surface area contributed by atoms with Gasteiger partial charge in [0.2, 0.25) is 5.91 Å². The SMILES string of the molecule is CCCSc1ncc(Br)c(C(=O)NCC(=O)Nc2ccc(Cl)cc2)n1. The highest BCUT2D eigenvalue weighted by molar-refractivity contribution is 9.10. The maximum atomic E-state index is 12.3. The monoisotopic (exact) mass is 442 g/mol. The van der Waals surface area contributed by atoms with Crippen molar-refractivity contribution in [1.29, 1.82) is 0 Å². The number of thioether (sulfide) groups is 1. The standard InChI is InChI=1S/C16H16BrClN4O2S/c1-2-7-25-16-20-8-12(17)14(22-16)15(24)19-9-13(23)21-11-5-3-10(18)4-6-11/h3-6,8H,2,7,9H2,1H3,(H,19,24)(H,21,23). The van der Waals surface area contributed by atoms with Crippen molar-refractivity contribution in [3.8, 4) is 0 Å². The van der Waals surface area contributed by atoms with E-state index < -0.39 is 5.91 Å². The molecule has 2 N–H and O–H groups in total. The van der Waals surface area contributed by atoms with Gasteiger partial charge in [0.15, 0.2) is 5.16 Å². The molecule has 1 aromatic carbocycles. The van der Waals surface area contributed by atoms with Crippen molar-refractivity contribution in [2.45, 2.75) is 18.5 Å². The summed E-state index contributed by atoms with van der Waals surface area (Å²) >= 11 is 10.5. The smallest absolute Gasteiger partial charge is 0.271 e. The number of nitrogens with zero attached hydrogens (tertiary/aromatic N) is 2. The number of carbonyl (C=O) groups excluding carboxylic acids is 2. The molecule has 0 spiro atoms. The van der Waals surface area contributed by atoms with Crippen molar-refractivity contribution in [2.75, 3.05) is 17.6 Å². The molecule has 0 aliphatic heterocycles. The average molecular weight is 444 g/mol. The number of halogens is 2. The molecular weight excluding hydrogens is 428 g/mol. The predicted molar refractivity (Wildman–Crippen MR) is 103 cm³/mol. The Morgan fingerprint density at radius 1 is 1.28 bits per heavy atom. The second-order valence-corrected chi connectivity index (χ2v) is 7.29. The fraction of sp³-hybridized carbons (Fsp3) is 0.250. The van der Waals surface area contributed by atoms with Crippen LogP contribution in [0, 0.1) is 0 Å². The molecule has 0 saturated carbocycles. The van der Waals surface area contributed by atoms with Gasteiger partial charge in [-0.1, -0.05) is 30.3 Å². The number of nitrogens with one attached hydrogen (secondary N) is 2. The summed E-state index contributed by atoms with van der Waals surface area (Å²) in [5.74, 6) is 0.0759. The number of aromatic nitrogens is 2. The van der Waals surface area contributed by atoms with Gasteiger partial charge in [-0.2, -0.15) is 0 Å². The minimum Gasteiger partial charge on any atom is -0.342 e. The van der Waals surface area contributed by atoms with E-state index in [9.17, 15) is 9.59 Å². The fourth-order valence-electron chi connectivity index (χ4n) is 1.76. The van der Waals surface area contributed by atoms with Crippen LogP contribution in [-0.2, 0) is 4.79 Å². The first-order valence-corrected chi connectivity index (χ1v) is 9.64. The molecule has 132 valence electrons. The molecule has 0 fully saturated rings. The molecule has 25 heavy (non-hydrogen) atoms. The highest BCUT2D eigenvalue weighted by Gasteiger charge is 2.15. The number of rotatable bonds is 7. The molecule has 0 aliphatic carbocycles. The molecule has 0 unspecified atom stereocenters. The molecular formula is C16H16BrClN4O2S. The van der Waals surface area contributed by atoms with Crippen LogP contribution in [0.25, 0.3) is 0 Å². The third kappa shape index (κ3) is 6.30. The molecule has 0 aliphatic rings. The lowest BCUT2D eigenvalue weighted by Crippen LogP contribution is -2.33. The van der Waals surface area contributed by atoms with Crippen LogP contribution in [0.2, 0.25) is 5.02 Å².